The fourth-order valence-corrected chi connectivity index (χ4v) is 2.39. The summed E-state index contributed by atoms with van der Waals surface area (Å²) in [6.45, 7) is 0. The molecule has 0 radical (unpaired) electrons. The Morgan fingerprint density at radius 2 is 1.45 bits per heavy atom. The van der Waals surface area contributed by atoms with E-state index in [1.54, 1.807) is 43.5 Å². The van der Waals surface area contributed by atoms with E-state index in [9.17, 15) is 9.59 Å². The molecule has 3 nitrogen and oxygen atoms in total. The van der Waals surface area contributed by atoms with Gasteiger partial charge in [-0.15, -0.1) is 0 Å². The lowest BCUT2D eigenvalue weighted by Crippen LogP contribution is -1.99. The maximum absolute atomic E-state index is 12.2. The van der Waals surface area contributed by atoms with Crippen LogP contribution in [-0.4, -0.2) is 18.7 Å². The Morgan fingerprint density at radius 1 is 0.864 bits per heavy atom. The molecule has 0 spiro atoms. The van der Waals surface area contributed by atoms with Crippen molar-refractivity contribution in [2.45, 2.75) is 0 Å². The normalized spacial score (nSPS) is 13.6. The first kappa shape index (κ1) is 14.0. The van der Waals surface area contributed by atoms with E-state index in [1.165, 1.54) is 0 Å². The number of ether oxygens (including phenoxy) is 1. The summed E-state index contributed by atoms with van der Waals surface area (Å²) in [6.07, 6.45) is 5.14. The van der Waals surface area contributed by atoms with Gasteiger partial charge in [0.1, 0.15) is 5.75 Å². The number of benzene rings is 2. The fraction of sp³-hybridized carbons (Fsp3) is 0.0526. The zero-order chi connectivity index (χ0) is 15.5. The van der Waals surface area contributed by atoms with E-state index in [1.807, 2.05) is 30.3 Å². The molecule has 0 atom stereocenters. The first-order valence-corrected chi connectivity index (χ1v) is 6.91. The average Bonchev–Trinajstić information content (AvgIpc) is 2.81. The highest BCUT2D eigenvalue weighted by molar-refractivity contribution is 6.39. The average molecular weight is 290 g/mol. The highest BCUT2D eigenvalue weighted by Crippen LogP contribution is 2.26. The molecule has 2 aromatic carbocycles. The van der Waals surface area contributed by atoms with Gasteiger partial charge in [0.15, 0.2) is 11.6 Å². The van der Waals surface area contributed by atoms with Crippen LogP contribution < -0.4 is 4.74 Å². The van der Waals surface area contributed by atoms with Crippen molar-refractivity contribution in [3.63, 3.8) is 0 Å². The standard InChI is InChI=1S/C19H14O3/c1-22-14-11-9-13(10-12-14)5-4-8-17-18(20)15-6-2-3-7-16(15)19(17)21/h2-12H,1H3/b5-4-. The molecule has 0 aliphatic heterocycles. The summed E-state index contributed by atoms with van der Waals surface area (Å²) in [5, 5.41) is 0. The second-order valence-electron chi connectivity index (χ2n) is 4.92. The summed E-state index contributed by atoms with van der Waals surface area (Å²) >= 11 is 0. The van der Waals surface area contributed by atoms with Crippen LogP contribution in [0, 0.1) is 0 Å². The summed E-state index contributed by atoms with van der Waals surface area (Å²) in [6, 6.07) is 14.4. The predicted molar refractivity (Wildman–Crippen MR) is 85.2 cm³/mol. The SMILES string of the molecule is COc1ccc(/C=C\C=C2C(=O)c3ccccc3C2=O)cc1. The van der Waals surface area contributed by atoms with Crippen LogP contribution in [0.5, 0.6) is 5.75 Å². The van der Waals surface area contributed by atoms with Crippen molar-refractivity contribution in [3.05, 3.63) is 82.9 Å². The number of fused-ring (bicyclic) bond motifs is 1. The van der Waals surface area contributed by atoms with Gasteiger partial charge in [-0.25, -0.2) is 0 Å². The fourth-order valence-electron chi connectivity index (χ4n) is 2.39. The van der Waals surface area contributed by atoms with Crippen LogP contribution in [0.15, 0.2) is 66.3 Å². The van der Waals surface area contributed by atoms with Crippen LogP contribution in [0.1, 0.15) is 26.3 Å². The molecular formula is C19H14O3. The van der Waals surface area contributed by atoms with Crippen molar-refractivity contribution in [2.24, 2.45) is 0 Å². The molecule has 3 heteroatoms. The number of hydrogen-bond acceptors (Lipinski definition) is 3. The summed E-state index contributed by atoms with van der Waals surface area (Å²) in [5.41, 5.74) is 2.15. The van der Waals surface area contributed by atoms with Gasteiger partial charge in [0.05, 0.1) is 12.7 Å². The molecule has 0 amide bonds. The summed E-state index contributed by atoms with van der Waals surface area (Å²) in [7, 11) is 1.62. The number of carbonyl (C=O) groups excluding carboxylic acids is 2. The largest absolute Gasteiger partial charge is 0.497 e. The van der Waals surface area contributed by atoms with Crippen molar-refractivity contribution in [1.29, 1.82) is 0 Å². The highest BCUT2D eigenvalue weighted by atomic mass is 16.5. The highest BCUT2D eigenvalue weighted by Gasteiger charge is 2.31. The van der Waals surface area contributed by atoms with Crippen molar-refractivity contribution in [2.75, 3.05) is 7.11 Å². The van der Waals surface area contributed by atoms with E-state index in [0.717, 1.165) is 11.3 Å². The van der Waals surface area contributed by atoms with Gasteiger partial charge >= 0.3 is 0 Å². The maximum Gasteiger partial charge on any atom is 0.197 e. The Kier molecular flexibility index (Phi) is 3.71. The minimum absolute atomic E-state index is 0.208. The molecule has 108 valence electrons. The lowest BCUT2D eigenvalue weighted by molar-refractivity contribution is 0.0989. The number of allylic oxidation sites excluding steroid dienone is 3. The van der Waals surface area contributed by atoms with Crippen LogP contribution in [0.25, 0.3) is 6.08 Å². The second kappa shape index (κ2) is 5.82. The number of methoxy groups -OCH3 is 1. The van der Waals surface area contributed by atoms with Gasteiger partial charge in [0, 0.05) is 11.1 Å². The molecule has 0 bridgehead atoms. The quantitative estimate of drug-likeness (QED) is 0.639. The zero-order valence-electron chi connectivity index (χ0n) is 12.1. The van der Waals surface area contributed by atoms with Gasteiger partial charge in [-0.1, -0.05) is 48.6 Å². The van der Waals surface area contributed by atoms with Crippen molar-refractivity contribution in [3.8, 4) is 5.75 Å². The van der Waals surface area contributed by atoms with Gasteiger partial charge in [-0.3, -0.25) is 9.59 Å². The molecular weight excluding hydrogens is 276 g/mol. The molecule has 0 heterocycles. The number of carbonyl (C=O) groups is 2. The Morgan fingerprint density at radius 3 is 2.00 bits per heavy atom. The maximum atomic E-state index is 12.2. The zero-order valence-corrected chi connectivity index (χ0v) is 12.1. The summed E-state index contributed by atoms with van der Waals surface area (Å²) in [5.74, 6) is 0.368. The number of Topliss-reactive ketones (excluding diaryl/α,β-unsaturated/α-hetero) is 2. The second-order valence-corrected chi connectivity index (χ2v) is 4.92. The Hall–Kier alpha value is -2.94. The molecule has 2 aromatic rings. The van der Waals surface area contributed by atoms with Crippen LogP contribution in [0.3, 0.4) is 0 Å². The minimum atomic E-state index is -0.208. The molecule has 0 saturated heterocycles. The Labute approximate surface area is 128 Å². The first-order chi connectivity index (χ1) is 10.7. The van der Waals surface area contributed by atoms with Gasteiger partial charge < -0.3 is 4.74 Å². The molecule has 1 aliphatic rings. The smallest absolute Gasteiger partial charge is 0.197 e. The van der Waals surface area contributed by atoms with Gasteiger partial charge in [0.25, 0.3) is 0 Å². The number of ketones is 2. The molecule has 0 N–H and O–H groups in total. The lowest BCUT2D eigenvalue weighted by atomic mass is 10.1. The lowest BCUT2D eigenvalue weighted by Gasteiger charge is -1.98. The minimum Gasteiger partial charge on any atom is -0.497 e. The van der Waals surface area contributed by atoms with E-state index in [0.29, 0.717) is 11.1 Å². The summed E-state index contributed by atoms with van der Waals surface area (Å²) < 4.78 is 5.09. The first-order valence-electron chi connectivity index (χ1n) is 6.91. The third kappa shape index (κ3) is 2.49. The number of hydrogen-bond donors (Lipinski definition) is 0. The van der Waals surface area contributed by atoms with Crippen LogP contribution in [-0.2, 0) is 0 Å². The van der Waals surface area contributed by atoms with Crippen LogP contribution in [0.4, 0.5) is 0 Å². The molecule has 0 unspecified atom stereocenters. The molecule has 22 heavy (non-hydrogen) atoms. The molecule has 0 saturated carbocycles. The van der Waals surface area contributed by atoms with E-state index >= 15 is 0 Å². The van der Waals surface area contributed by atoms with Crippen molar-refractivity contribution in [1.82, 2.24) is 0 Å². The van der Waals surface area contributed by atoms with Gasteiger partial charge in [-0.2, -0.15) is 0 Å². The van der Waals surface area contributed by atoms with E-state index in [4.69, 9.17) is 4.74 Å². The Balaban J connectivity index is 1.83. The molecule has 3 rings (SSSR count). The predicted octanol–water partition coefficient (Wildman–Crippen LogP) is 3.71. The van der Waals surface area contributed by atoms with Crippen molar-refractivity contribution >= 4 is 17.6 Å². The molecule has 0 fully saturated rings. The Bertz CT molecular complexity index is 759. The third-order valence-electron chi connectivity index (χ3n) is 3.57. The van der Waals surface area contributed by atoms with E-state index in [2.05, 4.69) is 0 Å². The summed E-state index contributed by atoms with van der Waals surface area (Å²) in [4.78, 5) is 24.4. The van der Waals surface area contributed by atoms with Crippen molar-refractivity contribution < 1.29 is 14.3 Å². The van der Waals surface area contributed by atoms with Gasteiger partial charge in [-0.05, 0) is 23.8 Å². The number of rotatable bonds is 3. The van der Waals surface area contributed by atoms with E-state index < -0.39 is 0 Å². The van der Waals surface area contributed by atoms with Gasteiger partial charge in [0.2, 0.25) is 0 Å². The topological polar surface area (TPSA) is 43.4 Å². The molecule has 0 aromatic heterocycles. The van der Waals surface area contributed by atoms with Crippen LogP contribution >= 0.6 is 0 Å². The van der Waals surface area contributed by atoms with E-state index in [-0.39, 0.29) is 17.1 Å². The third-order valence-corrected chi connectivity index (χ3v) is 3.57. The monoisotopic (exact) mass is 290 g/mol. The van der Waals surface area contributed by atoms with Crippen LogP contribution in [0.2, 0.25) is 0 Å². The molecule has 1 aliphatic carbocycles.